The smallest absolute Gasteiger partial charge is 0.410 e. The maximum Gasteiger partial charge on any atom is 0.410 e. The molecule has 2 aliphatic rings. The maximum absolute atomic E-state index is 12.3. The van der Waals surface area contributed by atoms with Gasteiger partial charge in [0.2, 0.25) is 5.06 Å². The molecule has 142 valence electrons. The van der Waals surface area contributed by atoms with Gasteiger partial charge in [-0.25, -0.2) is 9.78 Å². The second kappa shape index (κ2) is 7.00. The van der Waals surface area contributed by atoms with Gasteiger partial charge in [-0.3, -0.25) is 0 Å². The molecule has 5 nitrogen and oxygen atoms in total. The zero-order valence-electron chi connectivity index (χ0n) is 15.8. The Labute approximate surface area is 163 Å². The molecule has 0 bridgehead atoms. The van der Waals surface area contributed by atoms with E-state index in [1.807, 2.05) is 37.8 Å². The summed E-state index contributed by atoms with van der Waals surface area (Å²) in [6.45, 7) is 7.23. The number of ether oxygens (including phenoxy) is 2. The van der Waals surface area contributed by atoms with Gasteiger partial charge in [0.05, 0.1) is 11.7 Å². The van der Waals surface area contributed by atoms with Crippen molar-refractivity contribution in [3.05, 3.63) is 47.6 Å². The Morgan fingerprint density at radius 1 is 1.22 bits per heavy atom. The fourth-order valence-corrected chi connectivity index (χ4v) is 4.20. The van der Waals surface area contributed by atoms with Crippen LogP contribution in [-0.4, -0.2) is 34.7 Å². The number of likely N-dealkylation sites (tertiary alicyclic amines) is 1. The van der Waals surface area contributed by atoms with Crippen molar-refractivity contribution in [3.8, 4) is 10.8 Å². The molecule has 2 heterocycles. The molecule has 1 saturated heterocycles. The van der Waals surface area contributed by atoms with Crippen LogP contribution in [-0.2, 0) is 4.74 Å². The molecule has 0 N–H and O–H groups in total. The Morgan fingerprint density at radius 3 is 2.63 bits per heavy atom. The summed E-state index contributed by atoms with van der Waals surface area (Å²) in [5, 5.41) is 0.791. The minimum atomic E-state index is -0.446. The molecular formula is C21H24N2O3S. The van der Waals surface area contributed by atoms with Crippen LogP contribution in [0.3, 0.4) is 0 Å². The molecule has 27 heavy (non-hydrogen) atoms. The minimum Gasteiger partial charge on any atom is -0.445 e. The van der Waals surface area contributed by atoms with Crippen LogP contribution < -0.4 is 4.74 Å². The van der Waals surface area contributed by atoms with E-state index in [0.717, 1.165) is 30.3 Å². The summed E-state index contributed by atoms with van der Waals surface area (Å²) >= 11 is 1.48. The first-order valence-corrected chi connectivity index (χ1v) is 10.1. The molecule has 0 unspecified atom stereocenters. The van der Waals surface area contributed by atoms with E-state index in [1.54, 1.807) is 11.7 Å². The molecule has 1 fully saturated rings. The molecule has 0 spiro atoms. The summed E-state index contributed by atoms with van der Waals surface area (Å²) in [6, 6.07) is 8.21. The van der Waals surface area contributed by atoms with Crippen LogP contribution in [0.5, 0.6) is 10.8 Å². The first-order valence-electron chi connectivity index (χ1n) is 9.23. The molecule has 1 aliphatic heterocycles. The number of thiazole rings is 1. The van der Waals surface area contributed by atoms with Gasteiger partial charge >= 0.3 is 6.09 Å². The van der Waals surface area contributed by atoms with Crippen LogP contribution in [0.2, 0.25) is 0 Å². The number of carbonyl (C=O) groups is 1. The molecule has 0 radical (unpaired) electrons. The maximum atomic E-state index is 12.3. The van der Waals surface area contributed by atoms with E-state index in [0.29, 0.717) is 11.8 Å². The topological polar surface area (TPSA) is 51.7 Å². The number of aromatic nitrogens is 1. The van der Waals surface area contributed by atoms with Crippen molar-refractivity contribution in [2.75, 3.05) is 13.1 Å². The quantitative estimate of drug-likeness (QED) is 0.729. The van der Waals surface area contributed by atoms with Crippen molar-refractivity contribution in [1.82, 2.24) is 9.88 Å². The average Bonchev–Trinajstić information content (AvgIpc) is 3.29. The van der Waals surface area contributed by atoms with E-state index in [4.69, 9.17) is 9.47 Å². The van der Waals surface area contributed by atoms with Gasteiger partial charge < -0.3 is 14.4 Å². The zero-order valence-corrected chi connectivity index (χ0v) is 16.7. The van der Waals surface area contributed by atoms with E-state index in [9.17, 15) is 4.79 Å². The summed E-state index contributed by atoms with van der Waals surface area (Å²) in [7, 11) is 0. The normalized spacial score (nSPS) is 21.7. The number of fused-ring (bicyclic) bond motifs is 1. The van der Waals surface area contributed by atoms with Gasteiger partial charge in [-0.05, 0) is 62.3 Å². The Hall–Kier alpha value is -2.34. The minimum absolute atomic E-state index is 0.198. The second-order valence-electron chi connectivity index (χ2n) is 8.15. The van der Waals surface area contributed by atoms with E-state index in [1.165, 1.54) is 22.5 Å². The highest BCUT2D eigenvalue weighted by atomic mass is 32.1. The standard InChI is InChI=1S/C21H24N2O3S/c1-21(2,3)26-20(24)23-11-16-8-15(9-17(16)12-23)14-4-6-18(7-5-14)25-19-10-22-13-27-19/h4-8,10,13,16-17H,9,11-12H2,1-3H3/t16-,17+/m0/s1. The highest BCUT2D eigenvalue weighted by Crippen LogP contribution is 2.41. The SMILES string of the molecule is CC(C)(C)OC(=O)N1C[C@H]2CC(c3ccc(Oc4cncs4)cc3)=C[C@H]2C1. The number of allylic oxidation sites excluding steroid dienone is 1. The molecule has 4 rings (SSSR count). The predicted molar refractivity (Wildman–Crippen MR) is 106 cm³/mol. The van der Waals surface area contributed by atoms with Crippen molar-refractivity contribution in [2.45, 2.75) is 32.8 Å². The van der Waals surface area contributed by atoms with Gasteiger partial charge in [0.25, 0.3) is 0 Å². The van der Waals surface area contributed by atoms with E-state index >= 15 is 0 Å². The number of hydrogen-bond donors (Lipinski definition) is 0. The molecule has 1 amide bonds. The summed E-state index contributed by atoms with van der Waals surface area (Å²) in [6.07, 6.45) is 4.85. The second-order valence-corrected chi connectivity index (χ2v) is 9.00. The van der Waals surface area contributed by atoms with Crippen LogP contribution in [0.15, 0.2) is 42.0 Å². The third-order valence-electron chi connectivity index (χ3n) is 4.89. The lowest BCUT2D eigenvalue weighted by Crippen LogP contribution is -2.35. The number of hydrogen-bond acceptors (Lipinski definition) is 5. The van der Waals surface area contributed by atoms with Crippen LogP contribution in [0.4, 0.5) is 4.79 Å². The fourth-order valence-electron chi connectivity index (χ4n) is 3.71. The summed E-state index contributed by atoms with van der Waals surface area (Å²) in [5.74, 6) is 1.72. The molecule has 0 saturated carbocycles. The van der Waals surface area contributed by atoms with Crippen LogP contribution >= 0.6 is 11.3 Å². The van der Waals surface area contributed by atoms with Crippen LogP contribution in [0, 0.1) is 11.8 Å². The van der Waals surface area contributed by atoms with Gasteiger partial charge in [0.15, 0.2) is 0 Å². The lowest BCUT2D eigenvalue weighted by atomic mass is 9.98. The monoisotopic (exact) mass is 384 g/mol. The molecule has 2 atom stereocenters. The lowest BCUT2D eigenvalue weighted by Gasteiger charge is -2.24. The lowest BCUT2D eigenvalue weighted by molar-refractivity contribution is 0.0285. The number of carbonyl (C=O) groups excluding carboxylic acids is 1. The summed E-state index contributed by atoms with van der Waals surface area (Å²) in [5.41, 5.74) is 3.90. The Balaban J connectivity index is 1.38. The van der Waals surface area contributed by atoms with Crippen molar-refractivity contribution < 1.29 is 14.3 Å². The van der Waals surface area contributed by atoms with Gasteiger partial charge in [-0.2, -0.15) is 0 Å². The van der Waals surface area contributed by atoms with Gasteiger partial charge in [0.1, 0.15) is 11.4 Å². The average molecular weight is 385 g/mol. The summed E-state index contributed by atoms with van der Waals surface area (Å²) < 4.78 is 11.3. The molecule has 1 aromatic carbocycles. The number of amides is 1. The van der Waals surface area contributed by atoms with Crippen LogP contribution in [0.1, 0.15) is 32.8 Å². The molecular weight excluding hydrogens is 360 g/mol. The number of rotatable bonds is 3. The number of nitrogens with zero attached hydrogens (tertiary/aromatic N) is 2. The van der Waals surface area contributed by atoms with Crippen molar-refractivity contribution in [1.29, 1.82) is 0 Å². The first kappa shape index (κ1) is 18.0. The first-order chi connectivity index (χ1) is 12.9. The molecule has 6 heteroatoms. The zero-order chi connectivity index (χ0) is 19.0. The van der Waals surface area contributed by atoms with Gasteiger partial charge in [-0.15, -0.1) is 0 Å². The highest BCUT2D eigenvalue weighted by molar-refractivity contribution is 7.11. The van der Waals surface area contributed by atoms with Crippen LogP contribution in [0.25, 0.3) is 5.57 Å². The van der Waals surface area contributed by atoms with E-state index in [2.05, 4.69) is 23.2 Å². The van der Waals surface area contributed by atoms with Crippen molar-refractivity contribution in [3.63, 3.8) is 0 Å². The Kier molecular flexibility index (Phi) is 4.68. The molecule has 1 aliphatic carbocycles. The Bertz CT molecular complexity index is 837. The highest BCUT2D eigenvalue weighted by Gasteiger charge is 2.39. The molecule has 1 aromatic heterocycles. The van der Waals surface area contributed by atoms with Crippen molar-refractivity contribution >= 4 is 23.0 Å². The third-order valence-corrected chi connectivity index (χ3v) is 5.54. The molecule has 2 aromatic rings. The van der Waals surface area contributed by atoms with E-state index < -0.39 is 5.60 Å². The Morgan fingerprint density at radius 2 is 2.00 bits per heavy atom. The largest absolute Gasteiger partial charge is 0.445 e. The third kappa shape index (κ3) is 4.16. The van der Waals surface area contributed by atoms with Gasteiger partial charge in [-0.1, -0.05) is 29.5 Å². The summed E-state index contributed by atoms with van der Waals surface area (Å²) in [4.78, 5) is 18.1. The van der Waals surface area contributed by atoms with Gasteiger partial charge in [0, 0.05) is 13.1 Å². The fraction of sp³-hybridized carbons (Fsp3) is 0.429. The van der Waals surface area contributed by atoms with E-state index in [-0.39, 0.29) is 6.09 Å². The number of benzene rings is 1. The predicted octanol–water partition coefficient (Wildman–Crippen LogP) is 5.21. The van der Waals surface area contributed by atoms with Crippen molar-refractivity contribution in [2.24, 2.45) is 11.8 Å².